The van der Waals surface area contributed by atoms with Gasteiger partial charge >= 0.3 is 0 Å². The molecule has 378 valence electrons. The first kappa shape index (κ1) is 48.7. The van der Waals surface area contributed by atoms with Crippen LogP contribution in [-0.2, 0) is 51.9 Å². The van der Waals surface area contributed by atoms with Gasteiger partial charge in [-0.3, -0.25) is 5.32 Å². The molecule has 4 aliphatic heterocycles. The molecule has 6 N–H and O–H groups in total. The van der Waals surface area contributed by atoms with Gasteiger partial charge in [-0.2, -0.15) is 0 Å². The third-order valence-electron chi connectivity index (χ3n) is 16.1. The predicted octanol–water partition coefficient (Wildman–Crippen LogP) is 9.93. The Kier molecular flexibility index (Phi) is 14.4. The second-order valence-electron chi connectivity index (χ2n) is 20.9. The van der Waals surface area contributed by atoms with Crippen LogP contribution in [-0.4, -0.2) is 77.0 Å². The molecule has 1 unspecified atom stereocenters. The van der Waals surface area contributed by atoms with Gasteiger partial charge in [0, 0.05) is 65.8 Å². The van der Waals surface area contributed by atoms with Crippen molar-refractivity contribution in [2.75, 3.05) is 33.7 Å². The summed E-state index contributed by atoms with van der Waals surface area (Å²) < 4.78 is 27.6. The standard InChI is InChI=1S/C62H67N3O8/c1-70-39-63-60-32-45-18-14-40(12-13-41-16-22-57(68)46(26-41)27-43-7-4-9-51(66)28-43)6-5-10-53-33-52(67)21-15-42-17-23-58(69)59(29-42)73-36-48-31-50(30-47-34-65(35-54(47)48)61(64-60)55(45)38-72-53)62-24-25-71-37-49(62)20-19-44-8-2-3-11-56(44)62/h2-4,7-9,11,16-17,22-23,26,28-32,34-35,40,49,52-53,60,63-64,66-69H,5-6,10,12-13,15,19-21,24-25,27,33,36-39H2,1H3/t40-,49+,52+,53-,60?,62+/m0/s1. The van der Waals surface area contributed by atoms with E-state index in [0.29, 0.717) is 57.3 Å². The van der Waals surface area contributed by atoms with Gasteiger partial charge in [0.05, 0.1) is 32.2 Å². The number of aliphatic hydroxyl groups excluding tert-OH is 1. The topological polar surface area (TPSA) is 147 Å². The molecule has 6 aromatic rings. The van der Waals surface area contributed by atoms with Crippen LogP contribution in [0.1, 0.15) is 95.9 Å². The minimum atomic E-state index is -0.612. The van der Waals surface area contributed by atoms with Crippen LogP contribution in [0.2, 0.25) is 0 Å². The Bertz CT molecular complexity index is 3110. The Labute approximate surface area is 428 Å². The molecule has 6 bridgehead atoms. The van der Waals surface area contributed by atoms with Gasteiger partial charge in [0.15, 0.2) is 11.5 Å². The number of nitrogens with zero attached hydrogens (tertiary/aromatic N) is 1. The Hall–Kier alpha value is -6.52. The van der Waals surface area contributed by atoms with Gasteiger partial charge < -0.3 is 49.3 Å². The monoisotopic (exact) mass is 981 g/mol. The van der Waals surface area contributed by atoms with Gasteiger partial charge in [-0.25, -0.2) is 0 Å². The number of phenolic OH excluding ortho intramolecular Hbond substituents is 3. The number of methoxy groups -OCH3 is 1. The number of nitrogens with one attached hydrogen (secondary N) is 2. The second kappa shape index (κ2) is 21.5. The SMILES string of the molecule is COCNC1C=C2C#C[C@H](CCc3ccc(O)c(Cc4cccc(O)c4)c3)CCC[C@H]3C[C@H](O)CCc4ccc(O)c(c4)OCc4cc([C@@]56CCOC[C@H]5CCc5ccccc56)cc5cn(cc45)C(=C2CO3)N1. The van der Waals surface area contributed by atoms with Gasteiger partial charge in [0.25, 0.3) is 0 Å². The molecule has 1 aromatic heterocycles. The fourth-order valence-electron chi connectivity index (χ4n) is 12.2. The maximum Gasteiger partial charge on any atom is 0.161 e. The number of aromatic nitrogens is 1. The molecule has 1 saturated heterocycles. The molecule has 0 spiro atoms. The highest BCUT2D eigenvalue weighted by Crippen LogP contribution is 2.52. The number of hydrogen-bond donors (Lipinski definition) is 6. The van der Waals surface area contributed by atoms with E-state index in [2.05, 4.69) is 88.0 Å². The molecule has 5 aromatic carbocycles. The molecule has 6 atom stereocenters. The van der Waals surface area contributed by atoms with E-state index < -0.39 is 6.10 Å². The average Bonchev–Trinajstić information content (AvgIpc) is 3.83. The first-order valence-electron chi connectivity index (χ1n) is 26.3. The van der Waals surface area contributed by atoms with Crippen molar-refractivity contribution in [1.29, 1.82) is 0 Å². The Morgan fingerprint density at radius 2 is 1.77 bits per heavy atom. The zero-order valence-electron chi connectivity index (χ0n) is 41.7. The van der Waals surface area contributed by atoms with Crippen LogP contribution in [0.3, 0.4) is 0 Å². The quantitative estimate of drug-likeness (QED) is 0.0612. The van der Waals surface area contributed by atoms with Crippen molar-refractivity contribution in [2.24, 2.45) is 11.8 Å². The number of ether oxygens (including phenoxy) is 4. The first-order valence-corrected chi connectivity index (χ1v) is 26.3. The molecule has 11 rings (SSSR count). The molecule has 1 aliphatic carbocycles. The zero-order valence-corrected chi connectivity index (χ0v) is 41.7. The van der Waals surface area contributed by atoms with Crippen LogP contribution in [0.15, 0.2) is 127 Å². The van der Waals surface area contributed by atoms with Gasteiger partial charge in [-0.15, -0.1) is 0 Å². The summed E-state index contributed by atoms with van der Waals surface area (Å²) in [5, 5.41) is 53.3. The number of aromatic hydroxyl groups is 3. The highest BCUT2D eigenvalue weighted by molar-refractivity contribution is 5.88. The number of phenols is 3. The van der Waals surface area contributed by atoms with E-state index in [1.54, 1.807) is 31.4 Å². The van der Waals surface area contributed by atoms with Gasteiger partial charge in [0.2, 0.25) is 0 Å². The Balaban J connectivity index is 1.01. The lowest BCUT2D eigenvalue weighted by Crippen LogP contribution is -2.47. The summed E-state index contributed by atoms with van der Waals surface area (Å²) in [5.41, 5.74) is 10.5. The van der Waals surface area contributed by atoms with Gasteiger partial charge in [0.1, 0.15) is 30.1 Å². The molecule has 5 aliphatic rings. The summed E-state index contributed by atoms with van der Waals surface area (Å²) in [6.45, 7) is 2.23. The van der Waals surface area contributed by atoms with E-state index in [0.717, 1.165) is 107 Å². The average molecular weight is 982 g/mol. The lowest BCUT2D eigenvalue weighted by Gasteiger charge is -2.49. The lowest BCUT2D eigenvalue weighted by molar-refractivity contribution is 0.00498. The van der Waals surface area contributed by atoms with Crippen LogP contribution in [0.25, 0.3) is 16.6 Å². The summed E-state index contributed by atoms with van der Waals surface area (Å²) in [5.74, 6) is 9.63. The van der Waals surface area contributed by atoms with Crippen LogP contribution in [0, 0.1) is 23.7 Å². The summed E-state index contributed by atoms with van der Waals surface area (Å²) in [7, 11) is 1.68. The maximum atomic E-state index is 11.7. The molecule has 73 heavy (non-hydrogen) atoms. The highest BCUT2D eigenvalue weighted by atomic mass is 16.5. The summed E-state index contributed by atoms with van der Waals surface area (Å²) in [4.78, 5) is 0. The molecule has 0 radical (unpaired) electrons. The van der Waals surface area contributed by atoms with Crippen LogP contribution < -0.4 is 15.4 Å². The molecule has 11 heteroatoms. The van der Waals surface area contributed by atoms with Crippen LogP contribution in [0.4, 0.5) is 0 Å². The number of benzene rings is 5. The Morgan fingerprint density at radius 3 is 2.67 bits per heavy atom. The third-order valence-corrected chi connectivity index (χ3v) is 16.1. The van der Waals surface area contributed by atoms with E-state index in [1.807, 2.05) is 30.3 Å². The van der Waals surface area contributed by atoms with E-state index in [4.69, 9.17) is 18.9 Å². The van der Waals surface area contributed by atoms with Crippen molar-refractivity contribution < 1.29 is 39.4 Å². The van der Waals surface area contributed by atoms with Crippen LogP contribution in [0.5, 0.6) is 23.0 Å². The van der Waals surface area contributed by atoms with E-state index >= 15 is 0 Å². The lowest BCUT2D eigenvalue weighted by atomic mass is 9.57. The van der Waals surface area contributed by atoms with E-state index in [-0.39, 0.29) is 54.1 Å². The van der Waals surface area contributed by atoms with Crippen molar-refractivity contribution in [3.8, 4) is 34.8 Å². The van der Waals surface area contributed by atoms with Crippen molar-refractivity contribution >= 4 is 16.6 Å². The van der Waals surface area contributed by atoms with E-state index in [9.17, 15) is 20.4 Å². The smallest absolute Gasteiger partial charge is 0.161 e. The second-order valence-corrected chi connectivity index (χ2v) is 20.9. The Morgan fingerprint density at radius 1 is 0.863 bits per heavy atom. The molecule has 0 saturated carbocycles. The molecule has 5 heterocycles. The first-order chi connectivity index (χ1) is 35.7. The van der Waals surface area contributed by atoms with Gasteiger partial charge in [-0.1, -0.05) is 72.5 Å². The summed E-state index contributed by atoms with van der Waals surface area (Å²) >= 11 is 0. The molecular weight excluding hydrogens is 915 g/mol. The molecule has 0 amide bonds. The number of aryl methyl sites for hydroxylation is 3. The summed E-state index contributed by atoms with van der Waals surface area (Å²) in [6, 6.07) is 32.3. The van der Waals surface area contributed by atoms with Crippen molar-refractivity contribution in [3.63, 3.8) is 0 Å². The maximum absolute atomic E-state index is 11.7. The number of dihydropyridines is 1. The minimum absolute atomic E-state index is 0.0663. The van der Waals surface area contributed by atoms with Gasteiger partial charge in [-0.05, 0) is 164 Å². The van der Waals surface area contributed by atoms with E-state index in [1.165, 1.54) is 16.7 Å². The van der Waals surface area contributed by atoms with Crippen LogP contribution >= 0.6 is 0 Å². The number of fused-ring (bicyclic) bond motifs is 9. The molecule has 11 nitrogen and oxygen atoms in total. The largest absolute Gasteiger partial charge is 0.508 e. The number of rotatable bonds is 9. The molecular formula is C62H67N3O8. The number of hydrogen-bond acceptors (Lipinski definition) is 10. The number of aliphatic hydroxyl groups is 1. The summed E-state index contributed by atoms with van der Waals surface area (Å²) in [6.07, 6.45) is 14.6. The predicted molar refractivity (Wildman–Crippen MR) is 283 cm³/mol. The van der Waals surface area contributed by atoms with Crippen molar-refractivity contribution in [3.05, 3.63) is 171 Å². The fourth-order valence-corrected chi connectivity index (χ4v) is 12.2. The fraction of sp³-hybridized carbons (Fsp3) is 0.387. The van der Waals surface area contributed by atoms with Crippen molar-refractivity contribution in [1.82, 2.24) is 15.2 Å². The normalized spacial score (nSPS) is 24.1. The minimum Gasteiger partial charge on any atom is -0.508 e. The molecule has 1 fully saturated rings. The third kappa shape index (κ3) is 10.5. The zero-order chi connectivity index (χ0) is 49.9. The van der Waals surface area contributed by atoms with Crippen molar-refractivity contribution in [2.45, 2.75) is 107 Å². The highest BCUT2D eigenvalue weighted by Gasteiger charge is 2.47.